The number of amides is 1. The number of hydrogen-bond donors (Lipinski definition) is 0. The number of nitrogens with zero attached hydrogens (tertiary/aromatic N) is 1. The number of carboxylic acids is 1. The summed E-state index contributed by atoms with van der Waals surface area (Å²) in [6.45, 7) is 0.388. The van der Waals surface area contributed by atoms with Gasteiger partial charge in [0.2, 0.25) is 0 Å². The maximum absolute atomic E-state index is 12.4. The normalized spacial score (nSPS) is 13.5. The highest BCUT2D eigenvalue weighted by atomic mass is 16.4. The molecule has 1 amide bonds. The largest absolute Gasteiger partial charge is 0.545 e. The minimum Gasteiger partial charge on any atom is -0.545 e. The van der Waals surface area contributed by atoms with E-state index in [-0.39, 0.29) is 17.0 Å². The quantitative estimate of drug-likeness (QED) is 0.807. The first-order valence-electron chi connectivity index (χ1n) is 5.88. The molecule has 4 heteroatoms. The number of para-hydroxylation sites is 1. The van der Waals surface area contributed by atoms with Crippen LogP contribution < -0.4 is 10.0 Å². The number of carbonyl (C=O) groups excluding carboxylic acids is 2. The highest BCUT2D eigenvalue weighted by Gasteiger charge is 2.30. The molecule has 2 aromatic rings. The molecule has 19 heavy (non-hydrogen) atoms. The van der Waals surface area contributed by atoms with Crippen LogP contribution in [0.2, 0.25) is 0 Å². The maximum Gasteiger partial charge on any atom is 0.259 e. The van der Waals surface area contributed by atoms with Crippen molar-refractivity contribution in [3.8, 4) is 0 Å². The summed E-state index contributed by atoms with van der Waals surface area (Å²) in [4.78, 5) is 25.0. The summed E-state index contributed by atoms with van der Waals surface area (Å²) in [5.74, 6) is -1.61. The van der Waals surface area contributed by atoms with Crippen molar-refractivity contribution in [2.75, 3.05) is 4.90 Å². The summed E-state index contributed by atoms with van der Waals surface area (Å²) >= 11 is 0. The average Bonchev–Trinajstić information content (AvgIpc) is 2.77. The standard InChI is InChI=1S/C15H11NO3/c17-14-13-10(5-4-8-12(13)15(18)19)9-16(14)11-6-2-1-3-7-11/h1-8H,9H2,(H,18,19)/p-1. The number of rotatable bonds is 2. The van der Waals surface area contributed by atoms with E-state index in [1.165, 1.54) is 6.07 Å². The van der Waals surface area contributed by atoms with E-state index in [4.69, 9.17) is 0 Å². The summed E-state index contributed by atoms with van der Waals surface area (Å²) in [5, 5.41) is 11.1. The van der Waals surface area contributed by atoms with Crippen molar-refractivity contribution in [1.82, 2.24) is 0 Å². The molecular formula is C15H10NO3-. The fraction of sp³-hybridized carbons (Fsp3) is 0.0667. The van der Waals surface area contributed by atoms with Crippen LogP contribution >= 0.6 is 0 Å². The van der Waals surface area contributed by atoms with Crippen LogP contribution in [-0.2, 0) is 6.54 Å². The molecule has 0 fully saturated rings. The third-order valence-electron chi connectivity index (χ3n) is 3.23. The summed E-state index contributed by atoms with van der Waals surface area (Å²) < 4.78 is 0. The molecule has 0 radical (unpaired) electrons. The Morgan fingerprint density at radius 3 is 2.47 bits per heavy atom. The van der Waals surface area contributed by atoms with Crippen LogP contribution in [-0.4, -0.2) is 11.9 Å². The molecule has 2 aromatic carbocycles. The Hall–Kier alpha value is -2.62. The molecule has 0 saturated carbocycles. The van der Waals surface area contributed by atoms with E-state index in [1.807, 2.05) is 30.3 Å². The predicted octanol–water partition coefficient (Wildman–Crippen LogP) is 1.21. The minimum atomic E-state index is -1.32. The highest BCUT2D eigenvalue weighted by Crippen LogP contribution is 2.29. The third kappa shape index (κ3) is 1.78. The zero-order valence-electron chi connectivity index (χ0n) is 10.00. The molecule has 0 N–H and O–H groups in total. The zero-order valence-corrected chi connectivity index (χ0v) is 10.00. The lowest BCUT2D eigenvalue weighted by molar-refractivity contribution is -0.255. The molecular weight excluding hydrogens is 242 g/mol. The molecule has 1 heterocycles. The lowest BCUT2D eigenvalue weighted by Gasteiger charge is -2.15. The van der Waals surface area contributed by atoms with E-state index < -0.39 is 5.97 Å². The van der Waals surface area contributed by atoms with E-state index in [0.29, 0.717) is 6.54 Å². The van der Waals surface area contributed by atoms with Gasteiger partial charge in [-0.3, -0.25) is 4.79 Å². The van der Waals surface area contributed by atoms with Crippen molar-refractivity contribution < 1.29 is 14.7 Å². The molecule has 94 valence electrons. The minimum absolute atomic E-state index is 0.0408. The topological polar surface area (TPSA) is 60.4 Å². The van der Waals surface area contributed by atoms with Gasteiger partial charge in [0.15, 0.2) is 0 Å². The van der Waals surface area contributed by atoms with Crippen molar-refractivity contribution in [3.63, 3.8) is 0 Å². The second-order valence-electron chi connectivity index (χ2n) is 4.35. The van der Waals surface area contributed by atoms with Gasteiger partial charge in [-0.15, -0.1) is 0 Å². The summed E-state index contributed by atoms with van der Waals surface area (Å²) in [5.41, 5.74) is 1.68. The number of benzene rings is 2. The van der Waals surface area contributed by atoms with E-state index >= 15 is 0 Å². The van der Waals surface area contributed by atoms with Gasteiger partial charge in [0.05, 0.1) is 18.1 Å². The predicted molar refractivity (Wildman–Crippen MR) is 67.7 cm³/mol. The molecule has 0 atom stereocenters. The first-order chi connectivity index (χ1) is 9.18. The monoisotopic (exact) mass is 252 g/mol. The van der Waals surface area contributed by atoms with Crippen LogP contribution in [0.3, 0.4) is 0 Å². The summed E-state index contributed by atoms with van der Waals surface area (Å²) in [6.07, 6.45) is 0. The van der Waals surface area contributed by atoms with E-state index in [2.05, 4.69) is 0 Å². The zero-order chi connectivity index (χ0) is 13.4. The maximum atomic E-state index is 12.4. The summed E-state index contributed by atoms with van der Waals surface area (Å²) in [7, 11) is 0. The van der Waals surface area contributed by atoms with Crippen LogP contribution in [0.1, 0.15) is 26.3 Å². The Labute approximate surface area is 109 Å². The smallest absolute Gasteiger partial charge is 0.259 e. The number of anilines is 1. The molecule has 0 aliphatic carbocycles. The molecule has 0 aromatic heterocycles. The Morgan fingerprint density at radius 1 is 1.05 bits per heavy atom. The molecule has 0 spiro atoms. The Balaban J connectivity index is 2.08. The van der Waals surface area contributed by atoms with Gasteiger partial charge < -0.3 is 14.8 Å². The number of fused-ring (bicyclic) bond motifs is 1. The van der Waals surface area contributed by atoms with Gasteiger partial charge >= 0.3 is 0 Å². The molecule has 0 unspecified atom stereocenters. The van der Waals surface area contributed by atoms with Gasteiger partial charge in [0.1, 0.15) is 0 Å². The second-order valence-corrected chi connectivity index (χ2v) is 4.35. The molecule has 0 bridgehead atoms. The lowest BCUT2D eigenvalue weighted by atomic mass is 10.0. The Morgan fingerprint density at radius 2 is 1.79 bits per heavy atom. The van der Waals surface area contributed by atoms with Gasteiger partial charge in [-0.05, 0) is 17.7 Å². The average molecular weight is 252 g/mol. The fourth-order valence-electron chi connectivity index (χ4n) is 2.35. The van der Waals surface area contributed by atoms with Gasteiger partial charge in [-0.25, -0.2) is 0 Å². The number of carboxylic acid groups (broad SMARTS) is 1. The van der Waals surface area contributed by atoms with Crippen LogP contribution in [0.5, 0.6) is 0 Å². The van der Waals surface area contributed by atoms with E-state index in [0.717, 1.165) is 11.3 Å². The second kappa shape index (κ2) is 4.24. The van der Waals surface area contributed by atoms with Gasteiger partial charge in [-0.1, -0.05) is 36.4 Å². The van der Waals surface area contributed by atoms with Crippen LogP contribution in [0.15, 0.2) is 48.5 Å². The lowest BCUT2D eigenvalue weighted by Crippen LogP contribution is -2.27. The molecule has 3 rings (SSSR count). The Bertz CT molecular complexity index is 664. The number of aromatic carboxylic acids is 1. The summed E-state index contributed by atoms with van der Waals surface area (Å²) in [6, 6.07) is 14.0. The van der Waals surface area contributed by atoms with Crippen molar-refractivity contribution in [2.24, 2.45) is 0 Å². The van der Waals surface area contributed by atoms with E-state index in [9.17, 15) is 14.7 Å². The first-order valence-corrected chi connectivity index (χ1v) is 5.88. The van der Waals surface area contributed by atoms with Crippen LogP contribution in [0, 0.1) is 0 Å². The van der Waals surface area contributed by atoms with E-state index in [1.54, 1.807) is 17.0 Å². The van der Waals surface area contributed by atoms with Gasteiger partial charge in [-0.2, -0.15) is 0 Å². The SMILES string of the molecule is O=C([O-])c1cccc2c1C(=O)N(c1ccccc1)C2. The molecule has 4 nitrogen and oxygen atoms in total. The van der Waals surface area contributed by atoms with Gasteiger partial charge in [0.25, 0.3) is 5.91 Å². The highest BCUT2D eigenvalue weighted by molar-refractivity contribution is 6.15. The van der Waals surface area contributed by atoms with Crippen molar-refractivity contribution in [1.29, 1.82) is 0 Å². The fourth-order valence-corrected chi connectivity index (χ4v) is 2.35. The number of carbonyl (C=O) groups is 2. The number of hydrogen-bond acceptors (Lipinski definition) is 3. The van der Waals surface area contributed by atoms with Crippen molar-refractivity contribution in [3.05, 3.63) is 65.2 Å². The first kappa shape index (κ1) is 11.5. The van der Waals surface area contributed by atoms with Crippen molar-refractivity contribution in [2.45, 2.75) is 6.54 Å². The van der Waals surface area contributed by atoms with Gasteiger partial charge in [0, 0.05) is 11.3 Å². The third-order valence-corrected chi connectivity index (χ3v) is 3.23. The van der Waals surface area contributed by atoms with Crippen LogP contribution in [0.25, 0.3) is 0 Å². The van der Waals surface area contributed by atoms with Crippen LogP contribution in [0.4, 0.5) is 5.69 Å². The molecule has 0 saturated heterocycles. The Kier molecular flexibility index (Phi) is 2.56. The van der Waals surface area contributed by atoms with Crippen molar-refractivity contribution >= 4 is 17.6 Å². The molecule has 1 aliphatic rings. The molecule has 1 aliphatic heterocycles.